The molecule has 1 saturated heterocycles. The average Bonchev–Trinajstić information content (AvgIpc) is 3.04. The molecule has 1 fully saturated rings. The van der Waals surface area contributed by atoms with Gasteiger partial charge in [-0.3, -0.25) is 9.69 Å². The van der Waals surface area contributed by atoms with Crippen LogP contribution in [0.4, 0.5) is 0 Å². The fourth-order valence-corrected chi connectivity index (χ4v) is 2.87. The highest BCUT2D eigenvalue weighted by Crippen LogP contribution is 2.29. The van der Waals surface area contributed by atoms with Crippen molar-refractivity contribution in [2.24, 2.45) is 5.73 Å². The molecule has 1 aliphatic rings. The standard InChI is InChI=1S/C15H15N4O/c16-7-10-5-6-19(14(10)15(17)20)9-11-8-18-13-4-2-1-3-12(11)13/h1-4,8,14,18H,5-6,9H2,(H2,17,20). The summed E-state index contributed by atoms with van der Waals surface area (Å²) < 4.78 is 0. The van der Waals surface area contributed by atoms with Crippen molar-refractivity contribution >= 4 is 16.8 Å². The first-order valence-electron chi connectivity index (χ1n) is 6.55. The molecule has 101 valence electrons. The quantitative estimate of drug-likeness (QED) is 0.879. The van der Waals surface area contributed by atoms with Gasteiger partial charge < -0.3 is 10.7 Å². The van der Waals surface area contributed by atoms with E-state index >= 15 is 0 Å². The van der Waals surface area contributed by atoms with Crippen LogP contribution in [0.1, 0.15) is 12.0 Å². The topological polar surface area (TPSA) is 85.9 Å². The Morgan fingerprint density at radius 3 is 3.05 bits per heavy atom. The van der Waals surface area contributed by atoms with Crippen molar-refractivity contribution < 1.29 is 4.79 Å². The number of nitrogens with two attached hydrogens (primary N) is 1. The molecule has 2 heterocycles. The van der Waals surface area contributed by atoms with Crippen LogP contribution in [0.3, 0.4) is 0 Å². The number of rotatable bonds is 3. The first kappa shape index (κ1) is 12.7. The van der Waals surface area contributed by atoms with Gasteiger partial charge >= 0.3 is 0 Å². The summed E-state index contributed by atoms with van der Waals surface area (Å²) in [6.07, 6.45) is 2.57. The number of aromatic amines is 1. The zero-order valence-electron chi connectivity index (χ0n) is 11.0. The van der Waals surface area contributed by atoms with Crippen LogP contribution in [0.15, 0.2) is 30.5 Å². The molecule has 20 heavy (non-hydrogen) atoms. The molecule has 3 rings (SSSR count). The van der Waals surface area contributed by atoms with E-state index in [9.17, 15) is 4.79 Å². The second kappa shape index (κ2) is 4.99. The lowest BCUT2D eigenvalue weighted by atomic mass is 10.0. The van der Waals surface area contributed by atoms with Crippen LogP contribution in [0.25, 0.3) is 10.9 Å². The van der Waals surface area contributed by atoms with Crippen molar-refractivity contribution in [3.8, 4) is 6.07 Å². The molecule has 5 heteroatoms. The number of amides is 1. The second-order valence-corrected chi connectivity index (χ2v) is 5.02. The molecular formula is C15H15N4O. The molecule has 0 bridgehead atoms. The maximum Gasteiger partial charge on any atom is 0.236 e. The van der Waals surface area contributed by atoms with Gasteiger partial charge in [0.2, 0.25) is 5.91 Å². The lowest BCUT2D eigenvalue weighted by molar-refractivity contribution is -0.121. The van der Waals surface area contributed by atoms with E-state index in [2.05, 4.69) is 11.1 Å². The molecular weight excluding hydrogens is 252 g/mol. The molecule has 0 aliphatic carbocycles. The van der Waals surface area contributed by atoms with E-state index in [1.165, 1.54) is 0 Å². The van der Waals surface area contributed by atoms with Gasteiger partial charge in [-0.05, 0) is 18.1 Å². The van der Waals surface area contributed by atoms with Gasteiger partial charge in [0.1, 0.15) is 12.0 Å². The van der Waals surface area contributed by atoms with Crippen LogP contribution in [-0.4, -0.2) is 28.4 Å². The number of nitriles is 1. The number of carbonyl (C=O) groups is 1. The minimum atomic E-state index is -0.561. The van der Waals surface area contributed by atoms with Crippen LogP contribution >= 0.6 is 0 Å². The monoisotopic (exact) mass is 267 g/mol. The number of hydrogen-bond donors (Lipinski definition) is 2. The van der Waals surface area contributed by atoms with E-state index in [1.54, 1.807) is 0 Å². The Morgan fingerprint density at radius 2 is 2.30 bits per heavy atom. The summed E-state index contributed by atoms with van der Waals surface area (Å²) in [5.41, 5.74) is 7.62. The lowest BCUT2D eigenvalue weighted by Gasteiger charge is -2.22. The number of aromatic nitrogens is 1. The Kier molecular flexibility index (Phi) is 3.17. The minimum absolute atomic E-state index is 0.445. The van der Waals surface area contributed by atoms with Crippen molar-refractivity contribution in [2.75, 3.05) is 6.54 Å². The Bertz CT molecular complexity index is 684. The number of nitrogens with zero attached hydrogens (tertiary/aromatic N) is 2. The van der Waals surface area contributed by atoms with Gasteiger partial charge in [0, 0.05) is 30.2 Å². The highest BCUT2D eigenvalue weighted by atomic mass is 16.1. The molecule has 2 aromatic rings. The third-order valence-corrected chi connectivity index (χ3v) is 3.83. The van der Waals surface area contributed by atoms with E-state index < -0.39 is 11.9 Å². The fourth-order valence-electron chi connectivity index (χ4n) is 2.87. The summed E-state index contributed by atoms with van der Waals surface area (Å²) in [6, 6.07) is 9.58. The second-order valence-electron chi connectivity index (χ2n) is 5.02. The van der Waals surface area contributed by atoms with Crippen LogP contribution in [0.2, 0.25) is 0 Å². The molecule has 0 saturated carbocycles. The van der Waals surface area contributed by atoms with Crippen LogP contribution < -0.4 is 5.73 Å². The van der Waals surface area contributed by atoms with E-state index in [-0.39, 0.29) is 0 Å². The zero-order valence-corrected chi connectivity index (χ0v) is 11.0. The number of H-pyrrole nitrogens is 1. The third-order valence-electron chi connectivity index (χ3n) is 3.83. The van der Waals surface area contributed by atoms with Crippen LogP contribution in [-0.2, 0) is 11.3 Å². The van der Waals surface area contributed by atoms with Gasteiger partial charge in [0.25, 0.3) is 0 Å². The Labute approximate surface area is 117 Å². The molecule has 3 N–H and O–H groups in total. The molecule has 1 radical (unpaired) electrons. The molecule has 5 nitrogen and oxygen atoms in total. The van der Waals surface area contributed by atoms with E-state index in [0.717, 1.165) is 16.5 Å². The molecule has 1 aliphatic heterocycles. The molecule has 1 atom stereocenters. The van der Waals surface area contributed by atoms with Crippen LogP contribution in [0, 0.1) is 17.2 Å². The van der Waals surface area contributed by atoms with Gasteiger partial charge in [-0.15, -0.1) is 0 Å². The predicted molar refractivity (Wildman–Crippen MR) is 75.2 cm³/mol. The largest absolute Gasteiger partial charge is 0.368 e. The number of likely N-dealkylation sites (tertiary alicyclic amines) is 1. The van der Waals surface area contributed by atoms with Gasteiger partial charge in [0.15, 0.2) is 0 Å². The van der Waals surface area contributed by atoms with Crippen molar-refractivity contribution in [1.82, 2.24) is 9.88 Å². The Hall–Kier alpha value is -2.32. The van der Waals surface area contributed by atoms with Crippen molar-refractivity contribution in [2.45, 2.75) is 19.0 Å². The molecule has 1 unspecified atom stereocenters. The summed E-state index contributed by atoms with van der Waals surface area (Å²) in [5.74, 6) is 0.122. The number of nitrogens with one attached hydrogen (secondary N) is 1. The van der Waals surface area contributed by atoms with Gasteiger partial charge in [-0.1, -0.05) is 18.2 Å². The van der Waals surface area contributed by atoms with E-state index in [0.29, 0.717) is 25.4 Å². The highest BCUT2D eigenvalue weighted by Gasteiger charge is 2.39. The van der Waals surface area contributed by atoms with E-state index in [4.69, 9.17) is 11.0 Å². The number of benzene rings is 1. The molecule has 0 spiro atoms. The SMILES string of the molecule is N#C[C]1CCN(Cc2c[nH]c3ccccc23)C1C(N)=O. The van der Waals surface area contributed by atoms with Crippen LogP contribution in [0.5, 0.6) is 0 Å². The maximum atomic E-state index is 11.6. The van der Waals surface area contributed by atoms with Crippen molar-refractivity contribution in [1.29, 1.82) is 5.26 Å². The van der Waals surface area contributed by atoms with Gasteiger partial charge in [-0.25, -0.2) is 0 Å². The summed E-state index contributed by atoms with van der Waals surface area (Å²) in [7, 11) is 0. The van der Waals surface area contributed by atoms with Gasteiger partial charge in [0.05, 0.1) is 6.07 Å². The maximum absolute atomic E-state index is 11.6. The summed E-state index contributed by atoms with van der Waals surface area (Å²) >= 11 is 0. The number of primary amides is 1. The molecule has 1 aromatic heterocycles. The van der Waals surface area contributed by atoms with Crippen molar-refractivity contribution in [3.63, 3.8) is 0 Å². The lowest BCUT2D eigenvalue weighted by Crippen LogP contribution is -2.42. The Balaban J connectivity index is 1.87. The highest BCUT2D eigenvalue weighted by molar-refractivity contribution is 5.85. The van der Waals surface area contributed by atoms with Gasteiger partial charge in [-0.2, -0.15) is 5.26 Å². The predicted octanol–water partition coefficient (Wildman–Crippen LogP) is 1.33. The summed E-state index contributed by atoms with van der Waals surface area (Å²) in [5, 5.41) is 10.2. The number of hydrogen-bond acceptors (Lipinski definition) is 3. The third kappa shape index (κ3) is 2.04. The summed E-state index contributed by atoms with van der Waals surface area (Å²) in [6.45, 7) is 1.30. The number of para-hydroxylation sites is 1. The Morgan fingerprint density at radius 1 is 1.50 bits per heavy atom. The smallest absolute Gasteiger partial charge is 0.236 e. The van der Waals surface area contributed by atoms with Crippen molar-refractivity contribution in [3.05, 3.63) is 41.9 Å². The fraction of sp³-hybridized carbons (Fsp3) is 0.267. The molecule has 1 amide bonds. The summed E-state index contributed by atoms with van der Waals surface area (Å²) in [4.78, 5) is 16.8. The first-order valence-corrected chi connectivity index (χ1v) is 6.55. The minimum Gasteiger partial charge on any atom is -0.368 e. The zero-order chi connectivity index (χ0) is 14.1. The number of fused-ring (bicyclic) bond motifs is 1. The first-order chi connectivity index (χ1) is 9.70. The number of carbonyl (C=O) groups excluding carboxylic acids is 1. The average molecular weight is 267 g/mol. The van der Waals surface area contributed by atoms with E-state index in [1.807, 2.05) is 35.4 Å². The normalized spacial score (nSPS) is 20.2. The molecule has 1 aromatic carbocycles.